The first-order valence-electron chi connectivity index (χ1n) is 8.06. The Bertz CT molecular complexity index is 693. The van der Waals surface area contributed by atoms with Crippen molar-refractivity contribution in [2.24, 2.45) is 15.8 Å². The number of nitrogens with two attached hydrogens (primary N) is 1. The molecule has 2 aromatic rings. The quantitative estimate of drug-likeness (QED) is 0.216. The van der Waals surface area contributed by atoms with E-state index in [1.807, 2.05) is 24.4 Å². The second-order valence-electron chi connectivity index (χ2n) is 5.35. The van der Waals surface area contributed by atoms with Gasteiger partial charge in [0.25, 0.3) is 0 Å². The SMILES string of the molecule is CCCCCN=C(N)N/N=C/c1c[nH]c2ccc(OCOC)cc12. The van der Waals surface area contributed by atoms with Crippen molar-refractivity contribution >= 4 is 23.1 Å². The number of rotatable bonds is 9. The fourth-order valence-corrected chi connectivity index (χ4v) is 2.21. The normalized spacial score (nSPS) is 12.2. The molecule has 0 amide bonds. The summed E-state index contributed by atoms with van der Waals surface area (Å²) in [6, 6.07) is 5.78. The number of guanidine groups is 1. The van der Waals surface area contributed by atoms with Gasteiger partial charge in [-0.3, -0.25) is 4.99 Å². The lowest BCUT2D eigenvalue weighted by atomic mass is 10.2. The number of nitrogens with one attached hydrogen (secondary N) is 2. The Morgan fingerprint density at radius 3 is 3.04 bits per heavy atom. The van der Waals surface area contributed by atoms with Crippen molar-refractivity contribution < 1.29 is 9.47 Å². The maximum atomic E-state index is 5.77. The summed E-state index contributed by atoms with van der Waals surface area (Å²) in [7, 11) is 1.59. The van der Waals surface area contributed by atoms with Gasteiger partial charge in [-0.25, -0.2) is 5.43 Å². The standard InChI is InChI=1S/C17H25N5O2/c1-3-4-5-8-19-17(18)22-21-11-13-10-20-16-7-6-14(9-15(13)16)24-12-23-2/h6-7,9-11,20H,3-5,8,12H2,1-2H3,(H3,18,19,22)/b21-11+. The minimum atomic E-state index is 0.214. The summed E-state index contributed by atoms with van der Waals surface area (Å²) in [5.74, 6) is 1.06. The summed E-state index contributed by atoms with van der Waals surface area (Å²) in [5, 5.41) is 5.15. The van der Waals surface area contributed by atoms with Crippen molar-refractivity contribution in [2.45, 2.75) is 26.2 Å². The third kappa shape index (κ3) is 5.27. The molecule has 2 rings (SSSR count). The molecule has 7 nitrogen and oxygen atoms in total. The molecule has 0 aliphatic carbocycles. The van der Waals surface area contributed by atoms with Gasteiger partial charge in [-0.1, -0.05) is 19.8 Å². The van der Waals surface area contributed by atoms with E-state index in [1.165, 1.54) is 0 Å². The Morgan fingerprint density at radius 2 is 2.25 bits per heavy atom. The number of hydrogen-bond donors (Lipinski definition) is 3. The molecule has 0 atom stereocenters. The highest BCUT2D eigenvalue weighted by Crippen LogP contribution is 2.22. The Labute approximate surface area is 141 Å². The van der Waals surface area contributed by atoms with Crippen LogP contribution in [0, 0.1) is 0 Å². The summed E-state index contributed by atoms with van der Waals surface area (Å²) in [5.41, 5.74) is 10.4. The number of aliphatic imine (C=N–C) groups is 1. The summed E-state index contributed by atoms with van der Waals surface area (Å²) in [4.78, 5) is 7.41. The Kier molecular flexibility index (Phi) is 7.10. The third-order valence-electron chi connectivity index (χ3n) is 3.46. The van der Waals surface area contributed by atoms with E-state index in [1.54, 1.807) is 13.3 Å². The first-order chi connectivity index (χ1) is 11.7. The number of ether oxygens (including phenoxy) is 2. The highest BCUT2D eigenvalue weighted by atomic mass is 16.7. The van der Waals surface area contributed by atoms with Gasteiger partial charge in [-0.05, 0) is 24.6 Å². The topological polar surface area (TPSA) is 97.0 Å². The van der Waals surface area contributed by atoms with E-state index >= 15 is 0 Å². The molecule has 0 spiro atoms. The van der Waals surface area contributed by atoms with E-state index in [4.69, 9.17) is 15.2 Å². The van der Waals surface area contributed by atoms with Gasteiger partial charge in [-0.15, -0.1) is 0 Å². The number of aromatic nitrogens is 1. The van der Waals surface area contributed by atoms with E-state index in [9.17, 15) is 0 Å². The second-order valence-corrected chi connectivity index (χ2v) is 5.35. The van der Waals surface area contributed by atoms with Gasteiger partial charge >= 0.3 is 0 Å². The molecule has 1 aromatic carbocycles. The number of benzene rings is 1. The smallest absolute Gasteiger partial charge is 0.209 e. The average Bonchev–Trinajstić information content (AvgIpc) is 2.99. The number of unbranched alkanes of at least 4 members (excludes halogenated alkanes) is 2. The summed E-state index contributed by atoms with van der Waals surface area (Å²) >= 11 is 0. The monoisotopic (exact) mass is 331 g/mol. The van der Waals surface area contributed by atoms with E-state index in [0.29, 0.717) is 5.96 Å². The molecule has 24 heavy (non-hydrogen) atoms. The average molecular weight is 331 g/mol. The Morgan fingerprint density at radius 1 is 1.38 bits per heavy atom. The molecule has 0 saturated heterocycles. The van der Waals surface area contributed by atoms with Crippen LogP contribution in [0.2, 0.25) is 0 Å². The molecular weight excluding hydrogens is 306 g/mol. The van der Waals surface area contributed by atoms with Crippen molar-refractivity contribution in [1.82, 2.24) is 10.4 Å². The van der Waals surface area contributed by atoms with Crippen LogP contribution >= 0.6 is 0 Å². The third-order valence-corrected chi connectivity index (χ3v) is 3.46. The van der Waals surface area contributed by atoms with E-state index in [-0.39, 0.29) is 6.79 Å². The number of methoxy groups -OCH3 is 1. The van der Waals surface area contributed by atoms with Crippen LogP contribution in [0.1, 0.15) is 31.7 Å². The number of H-pyrrole nitrogens is 1. The van der Waals surface area contributed by atoms with E-state index in [2.05, 4.69) is 27.4 Å². The molecule has 4 N–H and O–H groups in total. The summed E-state index contributed by atoms with van der Waals surface area (Å²) in [6.07, 6.45) is 6.94. The number of hydrazone groups is 1. The van der Waals surface area contributed by atoms with Gasteiger partial charge in [0.15, 0.2) is 6.79 Å². The van der Waals surface area contributed by atoms with Gasteiger partial charge in [0.1, 0.15) is 5.75 Å². The van der Waals surface area contributed by atoms with Crippen LogP contribution in [0.25, 0.3) is 10.9 Å². The summed E-state index contributed by atoms with van der Waals surface area (Å²) < 4.78 is 10.4. The zero-order valence-corrected chi connectivity index (χ0v) is 14.2. The lowest BCUT2D eigenvalue weighted by Gasteiger charge is -2.04. The maximum Gasteiger partial charge on any atom is 0.209 e. The number of fused-ring (bicyclic) bond motifs is 1. The molecule has 0 aliphatic rings. The largest absolute Gasteiger partial charge is 0.468 e. The minimum Gasteiger partial charge on any atom is -0.468 e. The van der Waals surface area contributed by atoms with Crippen LogP contribution in [0.5, 0.6) is 5.75 Å². The predicted octanol–water partition coefficient (Wildman–Crippen LogP) is 2.58. The maximum absolute atomic E-state index is 5.77. The first-order valence-corrected chi connectivity index (χ1v) is 8.06. The summed E-state index contributed by atoms with van der Waals surface area (Å²) in [6.45, 7) is 3.09. The fraction of sp³-hybridized carbons (Fsp3) is 0.412. The number of aromatic amines is 1. The van der Waals surface area contributed by atoms with Crippen LogP contribution in [-0.4, -0.2) is 37.6 Å². The molecule has 7 heteroatoms. The van der Waals surface area contributed by atoms with Crippen LogP contribution in [-0.2, 0) is 4.74 Å². The van der Waals surface area contributed by atoms with Crippen LogP contribution in [0.15, 0.2) is 34.5 Å². The molecule has 0 fully saturated rings. The second kappa shape index (κ2) is 9.57. The van der Waals surface area contributed by atoms with Crippen molar-refractivity contribution in [2.75, 3.05) is 20.4 Å². The molecule has 0 bridgehead atoms. The molecule has 0 radical (unpaired) electrons. The zero-order valence-electron chi connectivity index (χ0n) is 14.2. The number of hydrogen-bond acceptors (Lipinski definition) is 4. The molecule has 0 unspecified atom stereocenters. The van der Waals surface area contributed by atoms with Crippen molar-refractivity contribution in [1.29, 1.82) is 0 Å². The van der Waals surface area contributed by atoms with E-state index < -0.39 is 0 Å². The minimum absolute atomic E-state index is 0.214. The molecule has 130 valence electrons. The van der Waals surface area contributed by atoms with Crippen LogP contribution in [0.3, 0.4) is 0 Å². The van der Waals surface area contributed by atoms with Gasteiger partial charge in [0, 0.05) is 36.3 Å². The van der Waals surface area contributed by atoms with Gasteiger partial charge in [0.05, 0.1) is 6.21 Å². The Hall–Kier alpha value is -2.54. The lowest BCUT2D eigenvalue weighted by molar-refractivity contribution is 0.0512. The Balaban J connectivity index is 1.98. The molecule has 0 aliphatic heterocycles. The van der Waals surface area contributed by atoms with Crippen molar-refractivity contribution in [3.8, 4) is 5.75 Å². The van der Waals surface area contributed by atoms with Gasteiger partial charge in [0.2, 0.25) is 5.96 Å². The fourth-order valence-electron chi connectivity index (χ4n) is 2.21. The molecule has 0 saturated carbocycles. The highest BCUT2D eigenvalue weighted by molar-refractivity contribution is 5.99. The molecular formula is C17H25N5O2. The first kappa shape index (κ1) is 17.8. The van der Waals surface area contributed by atoms with Crippen LogP contribution < -0.4 is 15.9 Å². The highest BCUT2D eigenvalue weighted by Gasteiger charge is 2.03. The lowest BCUT2D eigenvalue weighted by Crippen LogP contribution is -2.27. The van der Waals surface area contributed by atoms with Gasteiger partial charge in [-0.2, -0.15) is 5.10 Å². The predicted molar refractivity (Wildman–Crippen MR) is 97.5 cm³/mol. The van der Waals surface area contributed by atoms with Crippen molar-refractivity contribution in [3.05, 3.63) is 30.0 Å². The van der Waals surface area contributed by atoms with E-state index in [0.717, 1.165) is 48.0 Å². The molecule has 1 aromatic heterocycles. The van der Waals surface area contributed by atoms with Gasteiger partial charge < -0.3 is 20.2 Å². The van der Waals surface area contributed by atoms with Crippen LogP contribution in [0.4, 0.5) is 0 Å². The zero-order chi connectivity index (χ0) is 17.2. The number of nitrogens with zero attached hydrogens (tertiary/aromatic N) is 2. The molecule has 1 heterocycles. The van der Waals surface area contributed by atoms with Crippen molar-refractivity contribution in [3.63, 3.8) is 0 Å².